The first-order valence-electron chi connectivity index (χ1n) is 16.1. The first-order chi connectivity index (χ1) is 24.2. The number of amides is 3. The average molecular weight is 677 g/mol. The van der Waals surface area contributed by atoms with E-state index in [9.17, 15) is 19.2 Å². The van der Waals surface area contributed by atoms with E-state index in [-0.39, 0.29) is 49.2 Å². The maximum atomic E-state index is 15.3. The van der Waals surface area contributed by atoms with Gasteiger partial charge >= 0.3 is 0 Å². The highest BCUT2D eigenvalue weighted by molar-refractivity contribution is 6.06. The molecule has 50 heavy (non-hydrogen) atoms. The summed E-state index contributed by atoms with van der Waals surface area (Å²) in [4.78, 5) is 57.2. The fourth-order valence-electron chi connectivity index (χ4n) is 6.35. The van der Waals surface area contributed by atoms with Gasteiger partial charge in [-0.25, -0.2) is 4.39 Å². The van der Waals surface area contributed by atoms with Gasteiger partial charge in [-0.3, -0.25) is 19.2 Å². The molecule has 11 nitrogen and oxygen atoms in total. The van der Waals surface area contributed by atoms with Crippen molar-refractivity contribution in [2.45, 2.75) is 25.1 Å². The monoisotopic (exact) mass is 676 g/mol. The summed E-state index contributed by atoms with van der Waals surface area (Å²) in [5.74, 6) is -0.811. The maximum Gasteiger partial charge on any atom is 0.258 e. The highest BCUT2D eigenvalue weighted by Gasteiger charge is 2.36. The molecular formula is C38H33FN4O7. The number of likely N-dealkylation sites (tertiary alicyclic amines) is 1. The van der Waals surface area contributed by atoms with Crippen LogP contribution in [0.3, 0.4) is 0 Å². The number of fused-ring (bicyclic) bond motifs is 8. The van der Waals surface area contributed by atoms with Gasteiger partial charge < -0.3 is 34.7 Å². The first-order valence-corrected chi connectivity index (χ1v) is 16.1. The quantitative estimate of drug-likeness (QED) is 0.251. The summed E-state index contributed by atoms with van der Waals surface area (Å²) in [6.07, 6.45) is -0.312. The summed E-state index contributed by atoms with van der Waals surface area (Å²) in [5.41, 5.74) is 2.07. The number of piperidine rings is 1. The third kappa shape index (κ3) is 6.73. The van der Waals surface area contributed by atoms with Crippen molar-refractivity contribution in [3.8, 4) is 28.4 Å². The van der Waals surface area contributed by atoms with E-state index in [1.54, 1.807) is 77.7 Å². The molecule has 12 heteroatoms. The molecule has 8 rings (SSSR count). The van der Waals surface area contributed by atoms with E-state index in [2.05, 4.69) is 15.6 Å². The minimum absolute atomic E-state index is 0.0261. The van der Waals surface area contributed by atoms with E-state index in [1.165, 1.54) is 25.3 Å². The van der Waals surface area contributed by atoms with Crippen molar-refractivity contribution in [3.63, 3.8) is 0 Å². The topological polar surface area (TPSA) is 139 Å². The first kappa shape index (κ1) is 32.4. The van der Waals surface area contributed by atoms with E-state index < -0.39 is 29.4 Å². The van der Waals surface area contributed by atoms with Crippen LogP contribution in [-0.2, 0) is 11.3 Å². The van der Waals surface area contributed by atoms with Gasteiger partial charge in [-0.05, 0) is 53.6 Å². The Balaban J connectivity index is 1.25. The Morgan fingerprint density at radius 3 is 2.62 bits per heavy atom. The van der Waals surface area contributed by atoms with Crippen LogP contribution in [-0.4, -0.2) is 66.6 Å². The number of pyridine rings is 1. The Labute approximate surface area is 286 Å². The van der Waals surface area contributed by atoms with E-state index in [1.807, 2.05) is 0 Å². The molecular weight excluding hydrogens is 643 g/mol. The number of rotatable bonds is 2. The molecule has 2 atom stereocenters. The van der Waals surface area contributed by atoms with Crippen LogP contribution in [0, 0.1) is 5.82 Å². The summed E-state index contributed by atoms with van der Waals surface area (Å²) < 4.78 is 33.0. The summed E-state index contributed by atoms with van der Waals surface area (Å²) in [6.45, 7) is 0.239. The lowest BCUT2D eigenvalue weighted by molar-refractivity contribution is -0.123. The number of aromatic amines is 1. The fourth-order valence-corrected chi connectivity index (χ4v) is 6.35. The number of H-pyrrole nitrogens is 1. The minimum atomic E-state index is -0.774. The van der Waals surface area contributed by atoms with E-state index in [0.29, 0.717) is 51.3 Å². The molecule has 254 valence electrons. The number of halogens is 1. The molecule has 1 saturated heterocycles. The van der Waals surface area contributed by atoms with Crippen molar-refractivity contribution in [3.05, 3.63) is 124 Å². The molecule has 6 bridgehead atoms. The zero-order valence-corrected chi connectivity index (χ0v) is 27.0. The molecule has 0 spiro atoms. The van der Waals surface area contributed by atoms with Crippen LogP contribution >= 0.6 is 0 Å². The lowest BCUT2D eigenvalue weighted by atomic mass is 9.98. The molecule has 4 heterocycles. The third-order valence-electron chi connectivity index (χ3n) is 8.90. The Bertz CT molecular complexity index is 2180. The fraction of sp³-hybridized carbons (Fsp3) is 0.211. The number of nitrogens with one attached hydrogen (secondary N) is 3. The van der Waals surface area contributed by atoms with Crippen LogP contribution in [0.15, 0.2) is 95.8 Å². The summed E-state index contributed by atoms with van der Waals surface area (Å²) >= 11 is 0. The zero-order valence-electron chi connectivity index (χ0n) is 27.0. The van der Waals surface area contributed by atoms with Crippen LogP contribution in [0.5, 0.6) is 17.2 Å². The highest BCUT2D eigenvalue weighted by Crippen LogP contribution is 2.30. The van der Waals surface area contributed by atoms with Crippen LogP contribution < -0.4 is 30.4 Å². The second-order valence-corrected chi connectivity index (χ2v) is 12.1. The Morgan fingerprint density at radius 1 is 0.920 bits per heavy atom. The number of nitrogens with zero attached hydrogens (tertiary/aromatic N) is 1. The van der Waals surface area contributed by atoms with E-state index >= 15 is 4.39 Å². The van der Waals surface area contributed by atoms with Gasteiger partial charge in [0.05, 0.1) is 24.3 Å². The number of aromatic nitrogens is 1. The smallest absolute Gasteiger partial charge is 0.258 e. The number of carbonyl (C=O) groups is 3. The van der Waals surface area contributed by atoms with Crippen molar-refractivity contribution < 1.29 is 33.0 Å². The summed E-state index contributed by atoms with van der Waals surface area (Å²) in [7, 11) is 1.51. The van der Waals surface area contributed by atoms with E-state index in [4.69, 9.17) is 14.2 Å². The Morgan fingerprint density at radius 2 is 1.76 bits per heavy atom. The maximum absolute atomic E-state index is 15.3. The molecule has 3 N–H and O–H groups in total. The van der Waals surface area contributed by atoms with Crippen LogP contribution in [0.4, 0.5) is 4.39 Å². The predicted molar refractivity (Wildman–Crippen MR) is 183 cm³/mol. The lowest BCUT2D eigenvalue weighted by Gasteiger charge is -2.39. The molecule has 3 amide bonds. The summed E-state index contributed by atoms with van der Waals surface area (Å²) in [5, 5.41) is 6.36. The third-order valence-corrected chi connectivity index (χ3v) is 8.90. The van der Waals surface area contributed by atoms with E-state index in [0.717, 1.165) is 0 Å². The van der Waals surface area contributed by atoms with Crippen LogP contribution in [0.25, 0.3) is 22.0 Å². The number of hydrogen-bond acceptors (Lipinski definition) is 7. The van der Waals surface area contributed by atoms with Gasteiger partial charge in [-0.1, -0.05) is 36.4 Å². The molecule has 5 aromatic rings. The molecule has 3 aliphatic heterocycles. The standard InChI is InChI=1S/C38H33FN4O7/c1-48-34-17-26-11-9-24(34)19-40-36(45)21-49-25-6-4-5-22(15-25)23-10-12-30(39)29(16-23)37(46)42-32-20-43(14-13-33(32)50-26)38(47)28-18-35(44)41-31-8-3-2-7-27(28)31/h2-12,15-18,32-33H,13-14,19-21H2,1H3,(H,40,45)(H,41,44)(H,42,46)/t32-,33+/m1/s1. The molecule has 0 unspecified atom stereocenters. The van der Waals surface area contributed by atoms with Gasteiger partial charge in [0.2, 0.25) is 5.56 Å². The second-order valence-electron chi connectivity index (χ2n) is 12.1. The lowest BCUT2D eigenvalue weighted by Crippen LogP contribution is -2.58. The normalized spacial score (nSPS) is 17.8. The number of ether oxygens (including phenoxy) is 3. The average Bonchev–Trinajstić information content (AvgIpc) is 3.13. The largest absolute Gasteiger partial charge is 0.496 e. The highest BCUT2D eigenvalue weighted by atomic mass is 19.1. The molecule has 0 radical (unpaired) electrons. The molecule has 0 saturated carbocycles. The van der Waals surface area contributed by atoms with Gasteiger partial charge in [0, 0.05) is 54.7 Å². The minimum Gasteiger partial charge on any atom is -0.496 e. The van der Waals surface area contributed by atoms with Gasteiger partial charge in [0.1, 0.15) is 29.2 Å². The Kier molecular flexibility index (Phi) is 8.90. The molecule has 3 aliphatic rings. The van der Waals surface area contributed by atoms with Gasteiger partial charge in [0.15, 0.2) is 6.61 Å². The number of benzene rings is 4. The summed E-state index contributed by atoms with van der Waals surface area (Å²) in [6, 6.07) is 23.9. The van der Waals surface area contributed by atoms with Crippen molar-refractivity contribution in [1.29, 1.82) is 0 Å². The number of carbonyl (C=O) groups excluding carboxylic acids is 3. The molecule has 1 aromatic heterocycles. The molecule has 1 fully saturated rings. The number of para-hydroxylation sites is 1. The molecule has 4 aromatic carbocycles. The molecule has 0 aliphatic carbocycles. The van der Waals surface area contributed by atoms with Gasteiger partial charge in [-0.2, -0.15) is 0 Å². The van der Waals surface area contributed by atoms with Crippen molar-refractivity contribution >= 4 is 28.6 Å². The second kappa shape index (κ2) is 13.7. The zero-order chi connectivity index (χ0) is 34.8. The van der Waals surface area contributed by atoms with Crippen molar-refractivity contribution in [1.82, 2.24) is 20.5 Å². The van der Waals surface area contributed by atoms with Crippen molar-refractivity contribution in [2.24, 2.45) is 0 Å². The predicted octanol–water partition coefficient (Wildman–Crippen LogP) is 4.44. The van der Waals surface area contributed by atoms with Gasteiger partial charge in [0.25, 0.3) is 17.7 Å². The van der Waals surface area contributed by atoms with Crippen LogP contribution in [0.2, 0.25) is 0 Å². The Hall–Kier alpha value is -6.17. The van der Waals surface area contributed by atoms with Crippen molar-refractivity contribution in [2.75, 3.05) is 26.8 Å². The van der Waals surface area contributed by atoms with Gasteiger partial charge in [-0.15, -0.1) is 0 Å². The number of hydrogen-bond donors (Lipinski definition) is 3. The SMILES string of the molecule is COc1cc2ccc1CNC(=O)COc1cccc(c1)-c1ccc(F)c(c1)C(=O)N[C@@H]1CN(C(=O)c3cc(=O)[nH]c4ccccc34)CC[C@@H]1O2. The van der Waals surface area contributed by atoms with Crippen LogP contribution in [0.1, 0.15) is 32.7 Å². The number of methoxy groups -OCH3 is 1.